The molecule has 2 N–H and O–H groups in total. The van der Waals surface area contributed by atoms with Crippen LogP contribution in [0.1, 0.15) is 71.6 Å². The van der Waals surface area contributed by atoms with Gasteiger partial charge >= 0.3 is 0 Å². The average molecular weight is 463 g/mol. The first-order valence-electron chi connectivity index (χ1n) is 11.8. The highest BCUT2D eigenvalue weighted by Crippen LogP contribution is 2.41. The predicted octanol–water partition coefficient (Wildman–Crippen LogP) is 3.15. The Balaban J connectivity index is 1.43. The number of aromatic nitrogens is 3. The largest absolute Gasteiger partial charge is 0.365 e. The number of hydrogen-bond donors (Lipinski definition) is 1. The summed E-state index contributed by atoms with van der Waals surface area (Å²) < 4.78 is 5.61. The summed E-state index contributed by atoms with van der Waals surface area (Å²) in [5.41, 5.74) is 8.67. The zero-order chi connectivity index (χ0) is 24.0. The maximum Gasteiger partial charge on any atom is 0.259 e. The fourth-order valence-corrected chi connectivity index (χ4v) is 4.54. The molecular formula is C25H30N6O3. The molecule has 4 heterocycles. The van der Waals surface area contributed by atoms with E-state index in [1.54, 1.807) is 18.3 Å². The third-order valence-corrected chi connectivity index (χ3v) is 6.38. The molecule has 1 aliphatic heterocycles. The first kappa shape index (κ1) is 22.3. The van der Waals surface area contributed by atoms with Crippen molar-refractivity contribution in [2.24, 2.45) is 11.1 Å². The Labute approximate surface area is 198 Å². The van der Waals surface area contributed by atoms with E-state index in [0.717, 1.165) is 29.6 Å². The van der Waals surface area contributed by atoms with Gasteiger partial charge in [0.25, 0.3) is 17.5 Å². The molecule has 3 aromatic heterocycles. The molecule has 0 aromatic carbocycles. The zero-order valence-electron chi connectivity index (χ0n) is 19.9. The molecule has 1 aliphatic carbocycles. The Bertz CT molecular complexity index is 1250. The third kappa shape index (κ3) is 4.34. The fraction of sp³-hybridized carbons (Fsp3) is 0.480. The van der Waals surface area contributed by atoms with Crippen LogP contribution in [0, 0.1) is 5.41 Å². The quantitative estimate of drug-likeness (QED) is 0.619. The SMILES string of the molecule is CC(C)(C)Cc1noc2nc(C3CC3)cc(C(=O)N3CCN(c4ncccc4C(N)=O)CC3)c12. The molecule has 9 heteroatoms. The number of anilines is 1. The van der Waals surface area contributed by atoms with Crippen molar-refractivity contribution in [2.75, 3.05) is 31.1 Å². The van der Waals surface area contributed by atoms with Gasteiger partial charge in [-0.2, -0.15) is 0 Å². The second-order valence-electron chi connectivity index (χ2n) is 10.4. The molecule has 9 nitrogen and oxygen atoms in total. The van der Waals surface area contributed by atoms with E-state index in [9.17, 15) is 9.59 Å². The van der Waals surface area contributed by atoms with Gasteiger partial charge in [-0.1, -0.05) is 25.9 Å². The van der Waals surface area contributed by atoms with Crippen LogP contribution in [0.25, 0.3) is 11.1 Å². The van der Waals surface area contributed by atoms with Gasteiger partial charge in [0.05, 0.1) is 22.2 Å². The lowest BCUT2D eigenvalue weighted by atomic mass is 9.89. The predicted molar refractivity (Wildman–Crippen MR) is 128 cm³/mol. The minimum atomic E-state index is -0.507. The van der Waals surface area contributed by atoms with Crippen molar-refractivity contribution >= 4 is 28.7 Å². The fourth-order valence-electron chi connectivity index (χ4n) is 4.54. The van der Waals surface area contributed by atoms with Gasteiger partial charge in [-0.15, -0.1) is 0 Å². The van der Waals surface area contributed by atoms with Gasteiger partial charge in [-0.05, 0) is 42.9 Å². The Morgan fingerprint density at radius 3 is 2.53 bits per heavy atom. The van der Waals surface area contributed by atoms with Crippen LogP contribution in [0.4, 0.5) is 5.82 Å². The highest BCUT2D eigenvalue weighted by atomic mass is 16.5. The molecule has 34 heavy (non-hydrogen) atoms. The lowest BCUT2D eigenvalue weighted by Crippen LogP contribution is -2.49. The van der Waals surface area contributed by atoms with E-state index in [-0.39, 0.29) is 11.3 Å². The van der Waals surface area contributed by atoms with Crippen LogP contribution in [-0.2, 0) is 6.42 Å². The van der Waals surface area contributed by atoms with Crippen molar-refractivity contribution in [3.8, 4) is 0 Å². The first-order chi connectivity index (χ1) is 16.2. The molecule has 0 spiro atoms. The maximum atomic E-state index is 13.8. The van der Waals surface area contributed by atoms with Gasteiger partial charge in [0.15, 0.2) is 0 Å². The number of fused-ring (bicyclic) bond motifs is 1. The van der Waals surface area contributed by atoms with E-state index in [0.29, 0.717) is 61.2 Å². The number of nitrogens with two attached hydrogens (primary N) is 1. The lowest BCUT2D eigenvalue weighted by Gasteiger charge is -2.36. The number of amides is 2. The Hall–Kier alpha value is -3.49. The number of primary amides is 1. The molecule has 3 aromatic rings. The van der Waals surface area contributed by atoms with Crippen LogP contribution in [0.2, 0.25) is 0 Å². The summed E-state index contributed by atoms with van der Waals surface area (Å²) in [4.78, 5) is 38.5. The van der Waals surface area contributed by atoms with Crippen molar-refractivity contribution in [1.29, 1.82) is 0 Å². The molecule has 0 atom stereocenters. The topological polar surface area (TPSA) is 118 Å². The van der Waals surface area contributed by atoms with Crippen molar-refractivity contribution < 1.29 is 14.1 Å². The molecule has 2 amide bonds. The van der Waals surface area contributed by atoms with Crippen LogP contribution >= 0.6 is 0 Å². The molecule has 2 fully saturated rings. The number of piperazine rings is 1. The summed E-state index contributed by atoms with van der Waals surface area (Å²) in [5, 5.41) is 5.03. The van der Waals surface area contributed by atoms with Crippen LogP contribution in [0.15, 0.2) is 28.9 Å². The Morgan fingerprint density at radius 1 is 1.15 bits per heavy atom. The van der Waals surface area contributed by atoms with Gasteiger partial charge in [-0.25, -0.2) is 9.97 Å². The van der Waals surface area contributed by atoms with Crippen LogP contribution in [-0.4, -0.2) is 58.0 Å². The molecule has 178 valence electrons. The lowest BCUT2D eigenvalue weighted by molar-refractivity contribution is 0.0747. The van der Waals surface area contributed by atoms with E-state index in [2.05, 4.69) is 30.9 Å². The van der Waals surface area contributed by atoms with Gasteiger partial charge in [0, 0.05) is 44.0 Å². The maximum absolute atomic E-state index is 13.8. The summed E-state index contributed by atoms with van der Waals surface area (Å²) >= 11 is 0. The molecular weight excluding hydrogens is 432 g/mol. The number of hydrogen-bond acceptors (Lipinski definition) is 7. The van der Waals surface area contributed by atoms with Crippen molar-refractivity contribution in [1.82, 2.24) is 20.0 Å². The van der Waals surface area contributed by atoms with E-state index in [4.69, 9.17) is 15.2 Å². The number of carbonyl (C=O) groups excluding carboxylic acids is 2. The molecule has 0 unspecified atom stereocenters. The standard InChI is InChI=1S/C25H30N6O3/c1-25(2,3)14-19-20-17(13-18(15-6-7-15)28-23(20)34-29-19)24(33)31-11-9-30(10-12-31)22-16(21(26)32)5-4-8-27-22/h4-5,8,13,15H,6-7,9-12,14H2,1-3H3,(H2,26,32). The zero-order valence-corrected chi connectivity index (χ0v) is 19.9. The summed E-state index contributed by atoms with van der Waals surface area (Å²) in [6.45, 7) is 8.55. The minimum Gasteiger partial charge on any atom is -0.365 e. The molecule has 0 bridgehead atoms. The van der Waals surface area contributed by atoms with Gasteiger partial charge < -0.3 is 20.1 Å². The molecule has 2 aliphatic rings. The van der Waals surface area contributed by atoms with Crippen LogP contribution in [0.3, 0.4) is 0 Å². The summed E-state index contributed by atoms with van der Waals surface area (Å²) in [6.07, 6.45) is 4.50. The molecule has 5 rings (SSSR count). The number of rotatable bonds is 5. The van der Waals surface area contributed by atoms with Crippen molar-refractivity contribution in [2.45, 2.75) is 46.0 Å². The monoisotopic (exact) mass is 462 g/mol. The van der Waals surface area contributed by atoms with Gasteiger partial charge in [0.1, 0.15) is 5.82 Å². The Morgan fingerprint density at radius 2 is 1.88 bits per heavy atom. The van der Waals surface area contributed by atoms with E-state index in [1.165, 1.54) is 0 Å². The highest BCUT2D eigenvalue weighted by molar-refractivity contribution is 6.06. The molecule has 1 saturated heterocycles. The van der Waals surface area contributed by atoms with Crippen LogP contribution < -0.4 is 10.6 Å². The normalized spacial score (nSPS) is 16.8. The summed E-state index contributed by atoms with van der Waals surface area (Å²) in [6, 6.07) is 5.32. The van der Waals surface area contributed by atoms with Gasteiger partial charge in [-0.3, -0.25) is 9.59 Å². The van der Waals surface area contributed by atoms with Gasteiger partial charge in [0.2, 0.25) is 0 Å². The van der Waals surface area contributed by atoms with E-state index >= 15 is 0 Å². The van der Waals surface area contributed by atoms with E-state index in [1.807, 2.05) is 15.9 Å². The third-order valence-electron chi connectivity index (χ3n) is 6.38. The van der Waals surface area contributed by atoms with Crippen LogP contribution in [0.5, 0.6) is 0 Å². The molecule has 0 radical (unpaired) electrons. The second kappa shape index (κ2) is 8.38. The Kier molecular flexibility index (Phi) is 5.50. The first-order valence-corrected chi connectivity index (χ1v) is 11.8. The number of nitrogens with zero attached hydrogens (tertiary/aromatic N) is 5. The summed E-state index contributed by atoms with van der Waals surface area (Å²) in [5.74, 6) is 0.409. The smallest absolute Gasteiger partial charge is 0.259 e. The number of carbonyl (C=O) groups is 2. The van der Waals surface area contributed by atoms with Crippen molar-refractivity contribution in [3.63, 3.8) is 0 Å². The average Bonchev–Trinajstić information content (AvgIpc) is 3.59. The number of pyridine rings is 2. The second-order valence-corrected chi connectivity index (χ2v) is 10.4. The molecule has 1 saturated carbocycles. The highest BCUT2D eigenvalue weighted by Gasteiger charge is 2.32. The summed E-state index contributed by atoms with van der Waals surface area (Å²) in [7, 11) is 0. The van der Waals surface area contributed by atoms with E-state index < -0.39 is 5.91 Å². The van der Waals surface area contributed by atoms with Crippen molar-refractivity contribution in [3.05, 3.63) is 46.9 Å². The minimum absolute atomic E-state index is 0.00821.